The molecule has 1 fully saturated rings. The molecule has 0 bridgehead atoms. The van der Waals surface area contributed by atoms with Gasteiger partial charge in [0.05, 0.1) is 16.9 Å². The third-order valence-corrected chi connectivity index (χ3v) is 4.80. The fourth-order valence-corrected chi connectivity index (χ4v) is 3.52. The Morgan fingerprint density at radius 1 is 1.30 bits per heavy atom. The Kier molecular flexibility index (Phi) is 5.55. The topological polar surface area (TPSA) is 93.9 Å². The van der Waals surface area contributed by atoms with Crippen molar-refractivity contribution in [3.8, 4) is 6.07 Å². The molecule has 2 aromatic heterocycles. The van der Waals surface area contributed by atoms with Crippen LogP contribution < -0.4 is 15.5 Å². The second kappa shape index (κ2) is 8.04. The highest BCUT2D eigenvalue weighted by Crippen LogP contribution is 2.22. The first-order chi connectivity index (χ1) is 13.0. The van der Waals surface area contributed by atoms with Crippen LogP contribution in [-0.2, 0) is 0 Å². The summed E-state index contributed by atoms with van der Waals surface area (Å²) in [7, 11) is 0. The standard InChI is InChI=1S/C20H24N6O/c1-13-11-14(2)23-15(3)18(13)25-20(27)24-17-6-9-26(10-7-17)19-16(12-21)5-4-8-22-19/h4-5,8,11,17H,6-7,9-10H2,1-3H3,(H2,24,25,27). The number of anilines is 2. The normalized spacial score (nSPS) is 14.5. The van der Waals surface area contributed by atoms with Gasteiger partial charge in [0.2, 0.25) is 0 Å². The molecule has 7 nitrogen and oxygen atoms in total. The number of rotatable bonds is 3. The first-order valence-electron chi connectivity index (χ1n) is 9.10. The van der Waals surface area contributed by atoms with E-state index in [0.717, 1.165) is 54.4 Å². The largest absolute Gasteiger partial charge is 0.355 e. The number of aryl methyl sites for hydroxylation is 3. The monoisotopic (exact) mass is 364 g/mol. The van der Waals surface area contributed by atoms with E-state index in [1.807, 2.05) is 26.8 Å². The maximum absolute atomic E-state index is 12.4. The van der Waals surface area contributed by atoms with Crippen LogP contribution in [0, 0.1) is 32.1 Å². The summed E-state index contributed by atoms with van der Waals surface area (Å²) in [6.07, 6.45) is 3.31. The third-order valence-electron chi connectivity index (χ3n) is 4.80. The van der Waals surface area contributed by atoms with E-state index < -0.39 is 0 Å². The number of carbonyl (C=O) groups excluding carboxylic acids is 1. The van der Waals surface area contributed by atoms with Crippen molar-refractivity contribution in [2.45, 2.75) is 39.7 Å². The second-order valence-corrected chi connectivity index (χ2v) is 6.89. The van der Waals surface area contributed by atoms with Crippen LogP contribution in [0.3, 0.4) is 0 Å². The Hall–Kier alpha value is -3.14. The molecule has 1 aliphatic rings. The van der Waals surface area contributed by atoms with E-state index in [4.69, 9.17) is 0 Å². The van der Waals surface area contributed by atoms with Gasteiger partial charge in [-0.05, 0) is 57.4 Å². The number of hydrogen-bond acceptors (Lipinski definition) is 5. The molecule has 3 heterocycles. The first kappa shape index (κ1) is 18.6. The molecule has 0 aliphatic carbocycles. The summed E-state index contributed by atoms with van der Waals surface area (Å²) in [5.74, 6) is 0.722. The van der Waals surface area contributed by atoms with Crippen molar-refractivity contribution in [3.05, 3.63) is 46.9 Å². The van der Waals surface area contributed by atoms with Crippen molar-refractivity contribution in [1.29, 1.82) is 5.26 Å². The summed E-state index contributed by atoms with van der Waals surface area (Å²) in [6.45, 7) is 7.31. The van der Waals surface area contributed by atoms with E-state index in [9.17, 15) is 10.1 Å². The van der Waals surface area contributed by atoms with E-state index in [0.29, 0.717) is 5.56 Å². The van der Waals surface area contributed by atoms with Crippen LogP contribution in [0.15, 0.2) is 24.4 Å². The SMILES string of the molecule is Cc1cc(C)c(NC(=O)NC2CCN(c3ncccc3C#N)CC2)c(C)n1. The van der Waals surface area contributed by atoms with Crippen molar-refractivity contribution < 1.29 is 4.79 Å². The molecule has 27 heavy (non-hydrogen) atoms. The molecule has 0 saturated carbocycles. The molecule has 1 aliphatic heterocycles. The van der Waals surface area contributed by atoms with Gasteiger partial charge >= 0.3 is 6.03 Å². The Balaban J connectivity index is 1.57. The summed E-state index contributed by atoms with van der Waals surface area (Å²) in [5.41, 5.74) is 4.11. The average molecular weight is 364 g/mol. The van der Waals surface area contributed by atoms with Crippen LogP contribution in [0.4, 0.5) is 16.3 Å². The van der Waals surface area contributed by atoms with Gasteiger partial charge in [0.15, 0.2) is 0 Å². The predicted molar refractivity (Wildman–Crippen MR) is 105 cm³/mol. The summed E-state index contributed by atoms with van der Waals surface area (Å²) in [5, 5.41) is 15.2. The summed E-state index contributed by atoms with van der Waals surface area (Å²) < 4.78 is 0. The smallest absolute Gasteiger partial charge is 0.319 e. The number of aromatic nitrogens is 2. The third kappa shape index (κ3) is 4.34. The van der Waals surface area contributed by atoms with Gasteiger partial charge in [-0.15, -0.1) is 0 Å². The minimum atomic E-state index is -0.208. The fourth-order valence-electron chi connectivity index (χ4n) is 3.52. The molecule has 2 aromatic rings. The second-order valence-electron chi connectivity index (χ2n) is 6.89. The van der Waals surface area contributed by atoms with Gasteiger partial charge in [-0.2, -0.15) is 5.26 Å². The van der Waals surface area contributed by atoms with Gasteiger partial charge in [-0.25, -0.2) is 9.78 Å². The van der Waals surface area contributed by atoms with Crippen LogP contribution in [0.5, 0.6) is 0 Å². The zero-order chi connectivity index (χ0) is 19.4. The molecule has 2 N–H and O–H groups in total. The lowest BCUT2D eigenvalue weighted by atomic mass is 10.0. The number of nitriles is 1. The Morgan fingerprint density at radius 3 is 2.70 bits per heavy atom. The van der Waals surface area contributed by atoms with Gasteiger partial charge in [0.1, 0.15) is 11.9 Å². The highest BCUT2D eigenvalue weighted by Gasteiger charge is 2.23. The number of pyridine rings is 2. The highest BCUT2D eigenvalue weighted by atomic mass is 16.2. The van der Waals surface area contributed by atoms with Crippen molar-refractivity contribution in [2.75, 3.05) is 23.3 Å². The van der Waals surface area contributed by atoms with Gasteiger partial charge in [0.25, 0.3) is 0 Å². The molecule has 0 spiro atoms. The minimum Gasteiger partial charge on any atom is -0.355 e. The van der Waals surface area contributed by atoms with E-state index >= 15 is 0 Å². The molecule has 0 aromatic carbocycles. The molecule has 2 amide bonds. The van der Waals surface area contributed by atoms with Crippen LogP contribution in [0.2, 0.25) is 0 Å². The number of piperidine rings is 1. The van der Waals surface area contributed by atoms with Crippen molar-refractivity contribution in [1.82, 2.24) is 15.3 Å². The Labute approximate surface area is 159 Å². The zero-order valence-electron chi connectivity index (χ0n) is 15.9. The van der Waals surface area contributed by atoms with Gasteiger partial charge < -0.3 is 15.5 Å². The van der Waals surface area contributed by atoms with Crippen LogP contribution >= 0.6 is 0 Å². The van der Waals surface area contributed by atoms with Crippen molar-refractivity contribution >= 4 is 17.5 Å². The predicted octanol–water partition coefficient (Wildman–Crippen LogP) is 3.06. The number of amides is 2. The lowest BCUT2D eigenvalue weighted by molar-refractivity contribution is 0.246. The molecular weight excluding hydrogens is 340 g/mol. The Bertz CT molecular complexity index is 857. The fraction of sp³-hybridized carbons (Fsp3) is 0.400. The first-order valence-corrected chi connectivity index (χ1v) is 9.10. The minimum absolute atomic E-state index is 0.0921. The summed E-state index contributed by atoms with van der Waals surface area (Å²) >= 11 is 0. The van der Waals surface area contributed by atoms with Crippen LogP contribution in [0.25, 0.3) is 0 Å². The number of nitrogens with one attached hydrogen (secondary N) is 2. The lowest BCUT2D eigenvalue weighted by Crippen LogP contribution is -2.46. The maximum atomic E-state index is 12.4. The van der Waals surface area contributed by atoms with E-state index in [1.54, 1.807) is 18.3 Å². The van der Waals surface area contributed by atoms with Crippen LogP contribution in [-0.4, -0.2) is 35.1 Å². The van der Waals surface area contributed by atoms with Crippen molar-refractivity contribution in [3.63, 3.8) is 0 Å². The molecule has 0 unspecified atom stereocenters. The van der Waals surface area contributed by atoms with E-state index in [2.05, 4.69) is 31.6 Å². The molecule has 1 saturated heterocycles. The molecule has 0 radical (unpaired) electrons. The number of nitrogens with zero attached hydrogens (tertiary/aromatic N) is 4. The molecule has 0 atom stereocenters. The Morgan fingerprint density at radius 2 is 2.04 bits per heavy atom. The number of urea groups is 1. The van der Waals surface area contributed by atoms with Gasteiger partial charge in [-0.3, -0.25) is 4.98 Å². The van der Waals surface area contributed by atoms with Crippen molar-refractivity contribution in [2.24, 2.45) is 0 Å². The highest BCUT2D eigenvalue weighted by molar-refractivity contribution is 5.90. The molecule has 3 rings (SSSR count). The summed E-state index contributed by atoms with van der Waals surface area (Å²) in [4.78, 5) is 23.3. The molecule has 7 heteroatoms. The lowest BCUT2D eigenvalue weighted by Gasteiger charge is -2.33. The number of hydrogen-bond donors (Lipinski definition) is 2. The zero-order valence-corrected chi connectivity index (χ0v) is 15.9. The van der Waals surface area contributed by atoms with Gasteiger partial charge in [-0.1, -0.05) is 0 Å². The van der Waals surface area contributed by atoms with Gasteiger partial charge in [0, 0.05) is 31.0 Å². The molecular formula is C20H24N6O. The van der Waals surface area contributed by atoms with E-state index in [-0.39, 0.29) is 12.1 Å². The average Bonchev–Trinajstić information content (AvgIpc) is 2.65. The molecule has 140 valence electrons. The van der Waals surface area contributed by atoms with Crippen LogP contribution in [0.1, 0.15) is 35.4 Å². The van der Waals surface area contributed by atoms with E-state index in [1.165, 1.54) is 0 Å². The number of carbonyl (C=O) groups is 1. The quantitative estimate of drug-likeness (QED) is 0.873. The maximum Gasteiger partial charge on any atom is 0.319 e. The summed E-state index contributed by atoms with van der Waals surface area (Å²) in [6, 6.07) is 7.58.